The van der Waals surface area contributed by atoms with E-state index >= 15 is 0 Å². The fourth-order valence-corrected chi connectivity index (χ4v) is 3.50. The number of halogens is 1. The molecule has 0 radical (unpaired) electrons. The molecule has 7 nitrogen and oxygen atoms in total. The first-order valence-corrected chi connectivity index (χ1v) is 9.21. The molecule has 9 heteroatoms. The van der Waals surface area contributed by atoms with Gasteiger partial charge in [0.1, 0.15) is 0 Å². The second kappa shape index (κ2) is 11.5. The van der Waals surface area contributed by atoms with Crippen LogP contribution >= 0.6 is 35.3 Å². The Morgan fingerprint density at radius 2 is 2.20 bits per heavy atom. The van der Waals surface area contributed by atoms with Crippen LogP contribution in [0.2, 0.25) is 0 Å². The molecule has 1 saturated heterocycles. The number of aryl methyl sites for hydroxylation is 1. The number of guanidine groups is 1. The van der Waals surface area contributed by atoms with Crippen molar-refractivity contribution in [2.75, 3.05) is 33.8 Å². The largest absolute Gasteiger partial charge is 0.453 e. The Morgan fingerprint density at radius 3 is 2.76 bits per heavy atom. The van der Waals surface area contributed by atoms with E-state index in [0.717, 1.165) is 43.2 Å². The molecule has 0 spiro atoms. The van der Waals surface area contributed by atoms with Gasteiger partial charge in [0.2, 0.25) is 0 Å². The van der Waals surface area contributed by atoms with Crippen LogP contribution in [0.3, 0.4) is 0 Å². The Morgan fingerprint density at radius 1 is 1.48 bits per heavy atom. The molecule has 0 bridgehead atoms. The van der Waals surface area contributed by atoms with E-state index in [1.165, 1.54) is 12.0 Å². The van der Waals surface area contributed by atoms with Gasteiger partial charge in [-0.05, 0) is 19.3 Å². The molecule has 142 valence electrons. The van der Waals surface area contributed by atoms with Crippen molar-refractivity contribution in [2.24, 2.45) is 4.99 Å². The molecular weight excluding hydrogens is 453 g/mol. The van der Waals surface area contributed by atoms with Gasteiger partial charge in [-0.25, -0.2) is 9.78 Å². The van der Waals surface area contributed by atoms with E-state index in [1.54, 1.807) is 23.3 Å². The van der Waals surface area contributed by atoms with Gasteiger partial charge >= 0.3 is 6.09 Å². The summed E-state index contributed by atoms with van der Waals surface area (Å²) in [6, 6.07) is 0.323. The molecule has 1 fully saturated rings. The van der Waals surface area contributed by atoms with E-state index in [9.17, 15) is 4.79 Å². The maximum Gasteiger partial charge on any atom is 0.409 e. The van der Waals surface area contributed by atoms with Gasteiger partial charge < -0.3 is 20.3 Å². The van der Waals surface area contributed by atoms with Crippen LogP contribution in [-0.4, -0.2) is 61.8 Å². The summed E-state index contributed by atoms with van der Waals surface area (Å²) in [5, 5.41) is 7.92. The van der Waals surface area contributed by atoms with Crippen molar-refractivity contribution in [3.05, 3.63) is 16.1 Å². The average Bonchev–Trinajstić information content (AvgIpc) is 3.08. The van der Waals surface area contributed by atoms with Gasteiger partial charge in [0.05, 0.1) is 12.1 Å². The smallest absolute Gasteiger partial charge is 0.409 e. The molecule has 2 N–H and O–H groups in total. The van der Waals surface area contributed by atoms with Crippen LogP contribution in [0, 0.1) is 0 Å². The number of hydrogen-bond acceptors (Lipinski definition) is 5. The lowest BCUT2D eigenvalue weighted by molar-refractivity contribution is 0.111. The number of piperidine rings is 1. The summed E-state index contributed by atoms with van der Waals surface area (Å²) < 4.78 is 4.76. The number of aliphatic imine (C=N–C) groups is 1. The van der Waals surface area contributed by atoms with Crippen LogP contribution in [0.4, 0.5) is 4.79 Å². The summed E-state index contributed by atoms with van der Waals surface area (Å²) in [5.41, 5.74) is 0. The number of aromatic nitrogens is 1. The Bertz CT molecular complexity index is 558. The third-order valence-electron chi connectivity index (χ3n) is 4.07. The van der Waals surface area contributed by atoms with Crippen LogP contribution in [-0.2, 0) is 17.6 Å². The molecule has 1 amide bonds. The average molecular weight is 481 g/mol. The summed E-state index contributed by atoms with van der Waals surface area (Å²) in [4.78, 5) is 23.3. The minimum atomic E-state index is -0.245. The van der Waals surface area contributed by atoms with Crippen molar-refractivity contribution >= 4 is 47.4 Å². The number of carbonyl (C=O) groups excluding carboxylic acids is 1. The number of carbonyl (C=O) groups is 1. The molecule has 2 rings (SSSR count). The number of nitrogens with zero attached hydrogens (tertiary/aromatic N) is 3. The highest BCUT2D eigenvalue weighted by molar-refractivity contribution is 14.0. The molecule has 0 unspecified atom stereocenters. The molecule has 0 aliphatic carbocycles. The number of nitrogens with one attached hydrogen (secondary N) is 2. The topological polar surface area (TPSA) is 78.9 Å². The van der Waals surface area contributed by atoms with Crippen molar-refractivity contribution in [3.63, 3.8) is 0 Å². The fraction of sp³-hybridized carbons (Fsp3) is 0.688. The Balaban J connectivity index is 0.00000312. The summed E-state index contributed by atoms with van der Waals surface area (Å²) in [6.07, 6.45) is 5.43. The molecular formula is C16H28IN5O2S. The summed E-state index contributed by atoms with van der Waals surface area (Å²) in [7, 11) is 3.20. The highest BCUT2D eigenvalue weighted by Gasteiger charge is 2.23. The Labute approximate surface area is 170 Å². The lowest BCUT2D eigenvalue weighted by Gasteiger charge is -2.32. The number of hydrogen-bond donors (Lipinski definition) is 2. The predicted octanol–water partition coefficient (Wildman–Crippen LogP) is 2.26. The molecule has 0 atom stereocenters. The van der Waals surface area contributed by atoms with Crippen LogP contribution in [0.25, 0.3) is 0 Å². The highest BCUT2D eigenvalue weighted by atomic mass is 127. The lowest BCUT2D eigenvalue weighted by Crippen LogP contribution is -2.50. The minimum absolute atomic E-state index is 0. The van der Waals surface area contributed by atoms with Crippen molar-refractivity contribution in [1.82, 2.24) is 20.5 Å². The lowest BCUT2D eigenvalue weighted by atomic mass is 10.1. The molecule has 1 aromatic rings. The molecule has 1 aliphatic rings. The first-order chi connectivity index (χ1) is 11.7. The normalized spacial score (nSPS) is 15.5. The first-order valence-electron chi connectivity index (χ1n) is 8.40. The zero-order chi connectivity index (χ0) is 17.4. The number of amides is 1. The molecule has 0 saturated carbocycles. The van der Waals surface area contributed by atoms with E-state index in [1.807, 2.05) is 6.20 Å². The van der Waals surface area contributed by atoms with E-state index in [2.05, 4.69) is 27.5 Å². The van der Waals surface area contributed by atoms with Gasteiger partial charge in [-0.3, -0.25) is 4.99 Å². The van der Waals surface area contributed by atoms with Gasteiger partial charge in [0.25, 0.3) is 0 Å². The van der Waals surface area contributed by atoms with E-state index in [-0.39, 0.29) is 30.1 Å². The fourth-order valence-electron chi connectivity index (χ4n) is 2.64. The summed E-state index contributed by atoms with van der Waals surface area (Å²) in [6.45, 7) is 4.37. The first kappa shape index (κ1) is 21.9. The van der Waals surface area contributed by atoms with Crippen LogP contribution < -0.4 is 10.6 Å². The van der Waals surface area contributed by atoms with Crippen molar-refractivity contribution < 1.29 is 9.53 Å². The van der Waals surface area contributed by atoms with Gasteiger partial charge in [-0.2, -0.15) is 0 Å². The second-order valence-corrected chi connectivity index (χ2v) is 6.90. The molecule has 1 aromatic heterocycles. The Kier molecular flexibility index (Phi) is 10.1. The van der Waals surface area contributed by atoms with E-state index < -0.39 is 0 Å². The van der Waals surface area contributed by atoms with Crippen molar-refractivity contribution in [2.45, 2.75) is 38.6 Å². The molecule has 0 aromatic carbocycles. The van der Waals surface area contributed by atoms with Gasteiger partial charge in [0, 0.05) is 50.2 Å². The number of rotatable bonds is 5. The zero-order valence-corrected chi connectivity index (χ0v) is 18.2. The van der Waals surface area contributed by atoms with Gasteiger partial charge in [-0.15, -0.1) is 35.3 Å². The maximum absolute atomic E-state index is 11.5. The standard InChI is InChI=1S/C16H27N5O2S.HI/c1-4-13-11-19-14(24-13)5-8-18-15(17-2)20-12-6-9-21(10-7-12)16(22)23-3;/h11-12H,4-10H2,1-3H3,(H2,17,18,20);1H. The third kappa shape index (κ3) is 6.96. The number of ether oxygens (including phenoxy) is 1. The molecule has 2 heterocycles. The highest BCUT2D eigenvalue weighted by Crippen LogP contribution is 2.13. The summed E-state index contributed by atoms with van der Waals surface area (Å²) in [5.74, 6) is 0.804. The maximum atomic E-state index is 11.5. The van der Waals surface area contributed by atoms with Crippen molar-refractivity contribution in [3.8, 4) is 0 Å². The summed E-state index contributed by atoms with van der Waals surface area (Å²) >= 11 is 1.77. The second-order valence-electron chi connectivity index (χ2n) is 5.70. The number of methoxy groups -OCH3 is 1. The van der Waals surface area contributed by atoms with Crippen LogP contribution in [0.1, 0.15) is 29.7 Å². The molecule has 1 aliphatic heterocycles. The SMILES string of the molecule is CCc1cnc(CCNC(=NC)NC2CCN(C(=O)OC)CC2)s1.I. The van der Waals surface area contributed by atoms with E-state index in [0.29, 0.717) is 19.1 Å². The number of likely N-dealkylation sites (tertiary alicyclic amines) is 1. The van der Waals surface area contributed by atoms with Crippen LogP contribution in [0.5, 0.6) is 0 Å². The zero-order valence-electron chi connectivity index (χ0n) is 15.1. The van der Waals surface area contributed by atoms with Crippen molar-refractivity contribution in [1.29, 1.82) is 0 Å². The van der Waals surface area contributed by atoms with Gasteiger partial charge in [-0.1, -0.05) is 6.92 Å². The minimum Gasteiger partial charge on any atom is -0.453 e. The third-order valence-corrected chi connectivity index (χ3v) is 5.27. The Hall–Kier alpha value is -1.10. The monoisotopic (exact) mass is 481 g/mol. The molecule has 25 heavy (non-hydrogen) atoms. The number of thiazole rings is 1. The quantitative estimate of drug-likeness (QED) is 0.383. The van der Waals surface area contributed by atoms with Crippen LogP contribution in [0.15, 0.2) is 11.2 Å². The van der Waals surface area contributed by atoms with E-state index in [4.69, 9.17) is 4.74 Å². The van der Waals surface area contributed by atoms with Gasteiger partial charge in [0.15, 0.2) is 5.96 Å². The predicted molar refractivity (Wildman–Crippen MR) is 112 cm³/mol.